The van der Waals surface area contributed by atoms with E-state index in [1.54, 1.807) is 14.0 Å². The third-order valence-electron chi connectivity index (χ3n) is 6.66. The largest absolute Gasteiger partial charge is 0.497 e. The van der Waals surface area contributed by atoms with Gasteiger partial charge in [0, 0.05) is 11.4 Å². The number of hydrogen-bond acceptors (Lipinski definition) is 5. The zero-order chi connectivity index (χ0) is 24.3. The fraction of sp³-hybridized carbons (Fsp3) is 0.370. The number of carboxylic acids is 1. The number of rotatable bonds is 10. The van der Waals surface area contributed by atoms with Gasteiger partial charge in [0.1, 0.15) is 10.8 Å². The van der Waals surface area contributed by atoms with Crippen LogP contribution in [0.15, 0.2) is 54.6 Å². The first-order chi connectivity index (χ1) is 16.3. The Bertz CT molecular complexity index is 1150. The molecule has 1 aliphatic carbocycles. The molecule has 1 unspecified atom stereocenters. The molecule has 2 aromatic carbocycles. The smallest absolute Gasteiger partial charge is 0.355 e. The Morgan fingerprint density at radius 2 is 1.82 bits per heavy atom. The van der Waals surface area contributed by atoms with Crippen LogP contribution in [0, 0.1) is 6.92 Å². The van der Waals surface area contributed by atoms with Gasteiger partial charge in [0.05, 0.1) is 19.1 Å². The summed E-state index contributed by atoms with van der Waals surface area (Å²) >= 11 is 1.35. The highest BCUT2D eigenvalue weighted by atomic mass is 32.1. The molecule has 0 saturated heterocycles. The third-order valence-corrected chi connectivity index (χ3v) is 7.61. The van der Waals surface area contributed by atoms with Crippen molar-refractivity contribution in [1.82, 2.24) is 9.88 Å². The minimum atomic E-state index is -1.03. The van der Waals surface area contributed by atoms with Crippen LogP contribution in [-0.4, -0.2) is 40.5 Å². The van der Waals surface area contributed by atoms with Crippen molar-refractivity contribution >= 4 is 23.2 Å². The average molecular weight is 479 g/mol. The van der Waals surface area contributed by atoms with Gasteiger partial charge in [-0.05, 0) is 55.4 Å². The van der Waals surface area contributed by atoms with E-state index in [1.165, 1.54) is 16.9 Å². The molecule has 34 heavy (non-hydrogen) atoms. The fourth-order valence-corrected chi connectivity index (χ4v) is 5.33. The number of aromatic carboxylic acids is 1. The number of aromatic nitrogens is 1. The third kappa shape index (κ3) is 4.99. The van der Waals surface area contributed by atoms with Crippen molar-refractivity contribution in [3.8, 4) is 5.75 Å². The molecule has 178 valence electrons. The second kappa shape index (κ2) is 9.97. The van der Waals surface area contributed by atoms with Crippen LogP contribution in [0.3, 0.4) is 0 Å². The van der Waals surface area contributed by atoms with E-state index >= 15 is 0 Å². The van der Waals surface area contributed by atoms with Crippen LogP contribution in [0.1, 0.15) is 63.6 Å². The van der Waals surface area contributed by atoms with Gasteiger partial charge >= 0.3 is 5.97 Å². The van der Waals surface area contributed by atoms with Crippen molar-refractivity contribution in [3.05, 3.63) is 81.3 Å². The highest BCUT2D eigenvalue weighted by Crippen LogP contribution is 2.50. The van der Waals surface area contributed by atoms with Crippen LogP contribution in [-0.2, 0) is 16.8 Å². The summed E-state index contributed by atoms with van der Waals surface area (Å²) in [6, 6.07) is 18.0. The average Bonchev–Trinajstić information content (AvgIpc) is 3.58. The van der Waals surface area contributed by atoms with E-state index in [4.69, 9.17) is 4.74 Å². The number of carboxylic acid groups (broad SMARTS) is 1. The highest BCUT2D eigenvalue weighted by molar-refractivity contribution is 7.11. The predicted octanol–water partition coefficient (Wildman–Crippen LogP) is 5.41. The van der Waals surface area contributed by atoms with Crippen molar-refractivity contribution in [2.45, 2.75) is 51.0 Å². The zero-order valence-corrected chi connectivity index (χ0v) is 20.6. The Morgan fingerprint density at radius 3 is 2.38 bits per heavy atom. The van der Waals surface area contributed by atoms with E-state index < -0.39 is 11.4 Å². The molecular weight excluding hydrogens is 448 g/mol. The summed E-state index contributed by atoms with van der Waals surface area (Å²) < 4.78 is 5.28. The van der Waals surface area contributed by atoms with Gasteiger partial charge in [-0.3, -0.25) is 4.79 Å². The monoisotopic (exact) mass is 478 g/mol. The highest BCUT2D eigenvalue weighted by Gasteiger charge is 2.53. The maximum absolute atomic E-state index is 13.9. The number of benzene rings is 2. The fourth-order valence-electron chi connectivity index (χ4n) is 4.39. The van der Waals surface area contributed by atoms with Gasteiger partial charge in [-0.2, -0.15) is 0 Å². The van der Waals surface area contributed by atoms with Crippen LogP contribution in [0.4, 0.5) is 0 Å². The van der Waals surface area contributed by atoms with Crippen LogP contribution in [0.2, 0.25) is 0 Å². The van der Waals surface area contributed by atoms with Gasteiger partial charge in [-0.15, -0.1) is 11.3 Å². The number of nitrogens with zero attached hydrogens (tertiary/aromatic N) is 2. The van der Waals surface area contributed by atoms with Gasteiger partial charge in [0.15, 0.2) is 5.69 Å². The predicted molar refractivity (Wildman–Crippen MR) is 133 cm³/mol. The molecular formula is C27H30N2O4S. The minimum absolute atomic E-state index is 0.0707. The van der Waals surface area contributed by atoms with Crippen LogP contribution >= 0.6 is 11.3 Å². The topological polar surface area (TPSA) is 79.7 Å². The maximum atomic E-state index is 13.9. The molecule has 1 fully saturated rings. The summed E-state index contributed by atoms with van der Waals surface area (Å²) in [5, 5.41) is 10.1. The lowest BCUT2D eigenvalue weighted by Crippen LogP contribution is -2.40. The molecule has 1 amide bonds. The molecule has 0 bridgehead atoms. The number of carbonyl (C=O) groups is 2. The Labute approximate surface area is 204 Å². The van der Waals surface area contributed by atoms with Crippen molar-refractivity contribution < 1.29 is 19.4 Å². The lowest BCUT2D eigenvalue weighted by molar-refractivity contribution is -0.134. The SMILES string of the molecule is COc1ccc(C2(C(=O)N(CCC(C)c3ccccc3)Cc3nc(C(=O)O)c(C)s3)CC2)cc1. The minimum Gasteiger partial charge on any atom is -0.497 e. The number of carbonyl (C=O) groups excluding carboxylic acids is 1. The normalized spacial score (nSPS) is 14.9. The molecule has 1 saturated carbocycles. The molecule has 0 spiro atoms. The Morgan fingerprint density at radius 1 is 1.15 bits per heavy atom. The van der Waals surface area contributed by atoms with Gasteiger partial charge in [-0.25, -0.2) is 9.78 Å². The van der Waals surface area contributed by atoms with Crippen LogP contribution < -0.4 is 4.74 Å². The molecule has 4 rings (SSSR count). The molecule has 6 nitrogen and oxygen atoms in total. The number of hydrogen-bond donors (Lipinski definition) is 1. The molecule has 1 heterocycles. The summed E-state index contributed by atoms with van der Waals surface area (Å²) in [4.78, 5) is 32.3. The molecule has 3 aromatic rings. The van der Waals surface area contributed by atoms with Crippen LogP contribution in [0.25, 0.3) is 0 Å². The second-order valence-electron chi connectivity index (χ2n) is 8.96. The molecule has 7 heteroatoms. The Hall–Kier alpha value is -3.19. The molecule has 1 aromatic heterocycles. The lowest BCUT2D eigenvalue weighted by Gasteiger charge is -2.28. The molecule has 1 N–H and O–H groups in total. The van der Waals surface area contributed by atoms with Crippen molar-refractivity contribution in [1.29, 1.82) is 0 Å². The van der Waals surface area contributed by atoms with Gasteiger partial charge in [0.25, 0.3) is 0 Å². The summed E-state index contributed by atoms with van der Waals surface area (Å²) in [6.07, 6.45) is 2.42. The van der Waals surface area contributed by atoms with E-state index in [2.05, 4.69) is 24.0 Å². The number of ether oxygens (including phenoxy) is 1. The standard InChI is InChI=1S/C27H30N2O4S/c1-18(20-7-5-4-6-8-20)13-16-29(17-23-28-24(25(30)31)19(2)34-23)26(32)27(14-15-27)21-9-11-22(33-3)12-10-21/h4-12,18H,13-17H2,1-3H3,(H,30,31). The van der Waals surface area contributed by atoms with E-state index in [1.807, 2.05) is 47.4 Å². The van der Waals surface area contributed by atoms with E-state index in [9.17, 15) is 14.7 Å². The van der Waals surface area contributed by atoms with E-state index in [-0.39, 0.29) is 11.6 Å². The van der Waals surface area contributed by atoms with Crippen molar-refractivity contribution in [2.24, 2.45) is 0 Å². The van der Waals surface area contributed by atoms with Crippen molar-refractivity contribution in [3.63, 3.8) is 0 Å². The molecule has 1 atom stereocenters. The maximum Gasteiger partial charge on any atom is 0.355 e. The summed E-state index contributed by atoms with van der Waals surface area (Å²) in [5.74, 6) is 0.107. The second-order valence-corrected chi connectivity index (χ2v) is 10.2. The zero-order valence-electron chi connectivity index (χ0n) is 19.8. The first-order valence-electron chi connectivity index (χ1n) is 11.5. The van der Waals surface area contributed by atoms with E-state index in [0.717, 1.165) is 30.6 Å². The molecule has 0 radical (unpaired) electrons. The lowest BCUT2D eigenvalue weighted by atomic mass is 9.93. The van der Waals surface area contributed by atoms with Crippen LogP contribution in [0.5, 0.6) is 5.75 Å². The van der Waals surface area contributed by atoms with Gasteiger partial charge in [-0.1, -0.05) is 49.4 Å². The first-order valence-corrected chi connectivity index (χ1v) is 12.3. The molecule has 1 aliphatic rings. The summed E-state index contributed by atoms with van der Waals surface area (Å²) in [7, 11) is 1.63. The van der Waals surface area contributed by atoms with Gasteiger partial charge < -0.3 is 14.7 Å². The quantitative estimate of drug-likeness (QED) is 0.421. The molecule has 0 aliphatic heterocycles. The summed E-state index contributed by atoms with van der Waals surface area (Å²) in [6.45, 7) is 4.82. The number of methoxy groups -OCH3 is 1. The first kappa shape index (κ1) is 24.0. The van der Waals surface area contributed by atoms with E-state index in [0.29, 0.717) is 28.9 Å². The Balaban J connectivity index is 1.57. The number of thiazole rings is 1. The van der Waals surface area contributed by atoms with Crippen molar-refractivity contribution in [2.75, 3.05) is 13.7 Å². The number of amides is 1. The van der Waals surface area contributed by atoms with Gasteiger partial charge in [0.2, 0.25) is 5.91 Å². The number of aryl methyl sites for hydroxylation is 1. The Kier molecular flexibility index (Phi) is 7.03. The summed E-state index contributed by atoms with van der Waals surface area (Å²) in [5.41, 5.74) is 1.79.